The lowest BCUT2D eigenvalue weighted by molar-refractivity contribution is -0.270. The minimum atomic E-state index is -1.07. The summed E-state index contributed by atoms with van der Waals surface area (Å²) in [6.07, 6.45) is 18.2. The van der Waals surface area contributed by atoms with Crippen molar-refractivity contribution in [1.82, 2.24) is 0 Å². The van der Waals surface area contributed by atoms with Crippen molar-refractivity contribution in [2.75, 3.05) is 5.75 Å². The van der Waals surface area contributed by atoms with Gasteiger partial charge < -0.3 is 24.4 Å². The van der Waals surface area contributed by atoms with Gasteiger partial charge in [-0.2, -0.15) is 12.6 Å². The second-order valence-corrected chi connectivity index (χ2v) is 17.2. The SMILES string of the molecule is C=CCS.CC.CCC1=CCCC([C@]2(C)CCC3(OC(C)(C(C)CC(C)CC(CC)C(=O)C(C)CC(C)CCCCC(O)C(CC)C(=O)O)C=CC3=N)O2)O1. The lowest BCUT2D eigenvalue weighted by Gasteiger charge is -2.46. The molecule has 0 aromatic carbocycles. The van der Waals surface area contributed by atoms with Crippen LogP contribution in [-0.4, -0.2) is 62.6 Å². The van der Waals surface area contributed by atoms with Crippen LogP contribution >= 0.6 is 12.6 Å². The summed E-state index contributed by atoms with van der Waals surface area (Å²) in [4.78, 5) is 25.0. The molecule has 1 saturated heterocycles. The van der Waals surface area contributed by atoms with Crippen molar-refractivity contribution in [1.29, 1.82) is 5.41 Å². The fraction of sp³-hybridized carbons (Fsp3) is 0.804. The maximum Gasteiger partial charge on any atom is 0.309 e. The summed E-state index contributed by atoms with van der Waals surface area (Å²) in [5.41, 5.74) is -0.742. The van der Waals surface area contributed by atoms with Crippen LogP contribution in [0.1, 0.15) is 166 Å². The Labute approximate surface area is 341 Å². The van der Waals surface area contributed by atoms with Gasteiger partial charge in [0.2, 0.25) is 5.79 Å². The van der Waals surface area contributed by atoms with E-state index in [0.717, 1.165) is 82.1 Å². The Balaban J connectivity index is 0.00000236. The van der Waals surface area contributed by atoms with Crippen LogP contribution in [-0.2, 0) is 23.8 Å². The Kier molecular flexibility index (Phi) is 23.0. The van der Waals surface area contributed by atoms with Gasteiger partial charge in [0.05, 0.1) is 29.1 Å². The first-order valence-electron chi connectivity index (χ1n) is 21.6. The highest BCUT2D eigenvalue weighted by Gasteiger charge is 2.58. The molecule has 0 bridgehead atoms. The number of aliphatic carboxylic acids is 1. The molecule has 0 aromatic heterocycles. The molecule has 0 aromatic rings. The largest absolute Gasteiger partial charge is 0.492 e. The number of carboxylic acid groups (broad SMARTS) is 1. The standard InChI is InChI=1S/C41H69NO7.C3H6S.C2H6/c1-10-31(37(44)29(6)24-27(4)16-13-14-18-34(43)33(12-3)38(45)46)26-28(5)25-30(7)39(8)21-20-35(42)41(48-39)23-22-40(9,49-41)36-19-15-17-32(11-2)47-36;1-2-3-4;1-2/h17,20-21,27-31,33-34,36,42-43H,10-16,18-19,22-26H2,1-9H3,(H,45,46);2,4H,1,3H2;1-2H3/t27?,28?,29?,30?,31?,33?,34?,36?,39?,40-,41?;;/m0../s1. The fourth-order valence-electron chi connectivity index (χ4n) is 8.61. The number of carbonyl (C=O) groups is 2. The van der Waals surface area contributed by atoms with E-state index >= 15 is 0 Å². The molecule has 1 spiro atoms. The zero-order chi connectivity index (χ0) is 42.0. The molecule has 3 rings (SSSR count). The Morgan fingerprint density at radius 2 is 1.64 bits per heavy atom. The van der Waals surface area contributed by atoms with E-state index in [9.17, 15) is 19.8 Å². The minimum absolute atomic E-state index is 0.00879. The molecule has 10 unspecified atom stereocenters. The van der Waals surface area contributed by atoms with Gasteiger partial charge >= 0.3 is 5.97 Å². The molecule has 0 saturated carbocycles. The average molecular weight is 792 g/mol. The van der Waals surface area contributed by atoms with Crippen LogP contribution in [0.3, 0.4) is 0 Å². The van der Waals surface area contributed by atoms with Gasteiger partial charge in [0.15, 0.2) is 0 Å². The van der Waals surface area contributed by atoms with Crippen molar-refractivity contribution < 1.29 is 34.0 Å². The normalized spacial score (nSPS) is 28.5. The zero-order valence-corrected chi connectivity index (χ0v) is 37.5. The molecule has 0 radical (unpaired) electrons. The van der Waals surface area contributed by atoms with E-state index in [1.807, 2.05) is 26.0 Å². The smallest absolute Gasteiger partial charge is 0.309 e. The summed E-state index contributed by atoms with van der Waals surface area (Å²) in [6.45, 7) is 26.4. The molecular weight excluding hydrogens is 711 g/mol. The topological polar surface area (TPSA) is 126 Å². The molecule has 318 valence electrons. The van der Waals surface area contributed by atoms with Crippen molar-refractivity contribution in [3.63, 3.8) is 0 Å². The van der Waals surface area contributed by atoms with Crippen LogP contribution in [0.25, 0.3) is 0 Å². The Morgan fingerprint density at radius 3 is 2.20 bits per heavy atom. The van der Waals surface area contributed by atoms with Crippen molar-refractivity contribution in [2.24, 2.45) is 35.5 Å². The molecule has 9 heteroatoms. The maximum atomic E-state index is 13.6. The molecule has 3 aliphatic heterocycles. The van der Waals surface area contributed by atoms with E-state index < -0.39 is 35.0 Å². The summed E-state index contributed by atoms with van der Waals surface area (Å²) in [5.74, 6) is 0.351. The Morgan fingerprint density at radius 1 is 1.00 bits per heavy atom. The van der Waals surface area contributed by atoms with E-state index in [0.29, 0.717) is 42.6 Å². The predicted octanol–water partition coefficient (Wildman–Crippen LogP) is 11.6. The highest BCUT2D eigenvalue weighted by Crippen LogP contribution is 2.49. The second kappa shape index (κ2) is 24.7. The number of carbonyl (C=O) groups excluding carboxylic acids is 1. The van der Waals surface area contributed by atoms with E-state index in [1.165, 1.54) is 0 Å². The molecule has 3 heterocycles. The van der Waals surface area contributed by atoms with E-state index in [2.05, 4.69) is 80.7 Å². The molecule has 8 nitrogen and oxygen atoms in total. The quantitative estimate of drug-likeness (QED) is 0.0518. The van der Waals surface area contributed by atoms with Gasteiger partial charge in [0.1, 0.15) is 17.5 Å². The molecule has 1 fully saturated rings. The third-order valence-corrected chi connectivity index (χ3v) is 12.5. The molecule has 0 amide bonds. The number of unbranched alkanes of at least 4 members (excludes halogenated alkanes) is 1. The highest BCUT2D eigenvalue weighted by atomic mass is 32.1. The summed E-state index contributed by atoms with van der Waals surface area (Å²) >= 11 is 3.80. The monoisotopic (exact) mass is 792 g/mol. The molecular formula is C46H81NO7S. The Bertz CT molecular complexity index is 1250. The van der Waals surface area contributed by atoms with Crippen LogP contribution in [0.5, 0.6) is 0 Å². The van der Waals surface area contributed by atoms with Crippen LogP contribution in [0.4, 0.5) is 0 Å². The number of hydrogen-bond acceptors (Lipinski definition) is 8. The molecule has 0 aliphatic carbocycles. The number of ether oxygens (including phenoxy) is 3. The fourth-order valence-corrected chi connectivity index (χ4v) is 8.61. The first-order chi connectivity index (χ1) is 25.9. The van der Waals surface area contributed by atoms with E-state index in [4.69, 9.17) is 19.6 Å². The summed E-state index contributed by atoms with van der Waals surface area (Å²) < 4.78 is 20.0. The number of aliphatic hydroxyl groups excluding tert-OH is 1. The van der Waals surface area contributed by atoms with Gasteiger partial charge in [-0.3, -0.25) is 15.0 Å². The van der Waals surface area contributed by atoms with Crippen LogP contribution in [0.2, 0.25) is 0 Å². The average Bonchev–Trinajstić information content (AvgIpc) is 3.51. The van der Waals surface area contributed by atoms with E-state index in [-0.39, 0.29) is 23.9 Å². The molecule has 3 aliphatic rings. The summed E-state index contributed by atoms with van der Waals surface area (Å²) in [7, 11) is 0. The van der Waals surface area contributed by atoms with Crippen molar-refractivity contribution in [3.05, 3.63) is 36.6 Å². The molecule has 11 atom stereocenters. The number of Topliss-reactive ketones (excluding diaryl/α,β-unsaturated/α-hetero) is 1. The number of nitrogens with one attached hydrogen (secondary N) is 1. The van der Waals surface area contributed by atoms with Gasteiger partial charge in [0, 0.05) is 30.4 Å². The highest BCUT2D eigenvalue weighted by molar-refractivity contribution is 7.80. The van der Waals surface area contributed by atoms with Crippen LogP contribution in [0.15, 0.2) is 36.6 Å². The van der Waals surface area contributed by atoms with Gasteiger partial charge in [-0.15, -0.1) is 6.58 Å². The second-order valence-electron chi connectivity index (χ2n) is 16.8. The first-order valence-corrected chi connectivity index (χ1v) is 22.3. The number of rotatable bonds is 21. The Hall–Kier alpha value is -1.94. The van der Waals surface area contributed by atoms with Crippen molar-refractivity contribution in [2.45, 2.75) is 195 Å². The number of allylic oxidation sites excluding steroid dienone is 2. The summed E-state index contributed by atoms with van der Waals surface area (Å²) in [5, 5.41) is 28.4. The lowest BCUT2D eigenvalue weighted by Crippen LogP contribution is -2.55. The third kappa shape index (κ3) is 15.1. The number of carboxylic acids is 1. The lowest BCUT2D eigenvalue weighted by atomic mass is 9.76. The number of thiol groups is 1. The van der Waals surface area contributed by atoms with Gasteiger partial charge in [-0.25, -0.2) is 0 Å². The first kappa shape index (κ1) is 51.1. The summed E-state index contributed by atoms with van der Waals surface area (Å²) in [6, 6.07) is 0. The number of ketones is 1. The van der Waals surface area contributed by atoms with Crippen molar-refractivity contribution >= 4 is 30.1 Å². The third-order valence-electron chi connectivity index (χ3n) is 12.2. The van der Waals surface area contributed by atoms with Gasteiger partial charge in [0.25, 0.3) is 0 Å². The van der Waals surface area contributed by atoms with Gasteiger partial charge in [-0.05, 0) is 102 Å². The van der Waals surface area contributed by atoms with Crippen LogP contribution in [0, 0.1) is 40.9 Å². The van der Waals surface area contributed by atoms with E-state index in [1.54, 1.807) is 13.0 Å². The predicted molar refractivity (Wildman–Crippen MR) is 231 cm³/mol. The number of hydrogen-bond donors (Lipinski definition) is 4. The van der Waals surface area contributed by atoms with Gasteiger partial charge in [-0.1, -0.05) is 93.7 Å². The number of aliphatic hydroxyl groups is 1. The minimum Gasteiger partial charge on any atom is -0.492 e. The zero-order valence-electron chi connectivity index (χ0n) is 36.6. The molecule has 3 N–H and O–H groups in total. The van der Waals surface area contributed by atoms with Crippen molar-refractivity contribution in [3.8, 4) is 0 Å². The van der Waals surface area contributed by atoms with Crippen LogP contribution < -0.4 is 0 Å². The maximum absolute atomic E-state index is 13.6. The molecule has 55 heavy (non-hydrogen) atoms.